The van der Waals surface area contributed by atoms with Crippen LogP contribution in [0.3, 0.4) is 0 Å². The molecule has 3 atom stereocenters. The van der Waals surface area contributed by atoms with Crippen molar-refractivity contribution in [3.05, 3.63) is 0 Å². The Balaban J connectivity index is 0.00000481. The number of rotatable bonds is 6. The number of aliphatic imine (C=N–C) groups is 1. The maximum absolute atomic E-state index is 13.7. The number of carbonyl (C=O) groups is 2. The summed E-state index contributed by atoms with van der Waals surface area (Å²) < 4.78 is 11.0. The second-order valence-corrected chi connectivity index (χ2v) is 10.7. The lowest BCUT2D eigenvalue weighted by atomic mass is 9.84. The number of piperidine rings is 1. The van der Waals surface area contributed by atoms with Gasteiger partial charge in [-0.1, -0.05) is 32.1 Å². The lowest BCUT2D eigenvalue weighted by molar-refractivity contribution is -0.124. The van der Waals surface area contributed by atoms with Gasteiger partial charge in [-0.05, 0) is 53.0 Å². The van der Waals surface area contributed by atoms with Crippen molar-refractivity contribution >= 4 is 18.0 Å². The molecule has 0 bridgehead atoms. The standard InChI is InChI=1S/C26H44N6O4.H2/c1-5-35-25(34)29-24(32-16-19(2)36-20(3)17-32)28-22(15-21-9-7-6-8-10-21)23(33)30-26(18-27)11-13-31(4)14-12-26;/h19-22H,5-17H2,1-4H3,(H,30,33)(H,28,29,34);1H/t19-,20+,22-;/m0./s1. The summed E-state index contributed by atoms with van der Waals surface area (Å²) in [4.78, 5) is 35.2. The summed E-state index contributed by atoms with van der Waals surface area (Å²) >= 11 is 0. The van der Waals surface area contributed by atoms with E-state index < -0.39 is 17.7 Å². The van der Waals surface area contributed by atoms with E-state index in [1.165, 1.54) is 6.42 Å². The van der Waals surface area contributed by atoms with Gasteiger partial charge < -0.3 is 24.6 Å². The van der Waals surface area contributed by atoms with Crippen molar-refractivity contribution in [3.8, 4) is 6.07 Å². The molecule has 1 saturated carbocycles. The molecule has 3 aliphatic rings. The molecule has 204 valence electrons. The minimum absolute atomic E-state index is 0. The molecule has 1 aliphatic carbocycles. The number of guanidine groups is 1. The van der Waals surface area contributed by atoms with E-state index in [4.69, 9.17) is 14.5 Å². The normalized spacial score (nSPS) is 26.5. The zero-order chi connectivity index (χ0) is 26.1. The molecule has 36 heavy (non-hydrogen) atoms. The van der Waals surface area contributed by atoms with Gasteiger partial charge in [-0.25, -0.2) is 9.79 Å². The van der Waals surface area contributed by atoms with Crippen molar-refractivity contribution in [2.45, 2.75) is 95.9 Å². The molecule has 0 radical (unpaired) electrons. The molecule has 0 aromatic carbocycles. The SMILES string of the molecule is CCOC(=O)NC(=N[C@@H](CC1CCCCC1)C(=O)NC1(C#N)CCN(C)CC1)N1C[C@@H](C)O[C@@H](C)C1.[HH]. The summed E-state index contributed by atoms with van der Waals surface area (Å²) in [5.41, 5.74) is -0.888. The number of ether oxygens (including phenoxy) is 2. The summed E-state index contributed by atoms with van der Waals surface area (Å²) in [6.07, 6.45) is 6.74. The number of amides is 2. The summed E-state index contributed by atoms with van der Waals surface area (Å²) in [7, 11) is 2.02. The van der Waals surface area contributed by atoms with E-state index in [2.05, 4.69) is 21.6 Å². The van der Waals surface area contributed by atoms with Gasteiger partial charge in [0.2, 0.25) is 11.9 Å². The van der Waals surface area contributed by atoms with Gasteiger partial charge in [-0.2, -0.15) is 5.26 Å². The van der Waals surface area contributed by atoms with Gasteiger partial charge in [0, 0.05) is 27.6 Å². The summed E-state index contributed by atoms with van der Waals surface area (Å²) in [5, 5.41) is 15.9. The predicted octanol–water partition coefficient (Wildman–Crippen LogP) is 2.89. The van der Waals surface area contributed by atoms with Crippen LogP contribution in [-0.4, -0.2) is 91.4 Å². The van der Waals surface area contributed by atoms with Crippen LogP contribution in [0.25, 0.3) is 0 Å². The second kappa shape index (κ2) is 13.2. The molecule has 3 rings (SSSR count). The topological polar surface area (TPSA) is 119 Å². The largest absolute Gasteiger partial charge is 0.450 e. The maximum Gasteiger partial charge on any atom is 0.413 e. The second-order valence-electron chi connectivity index (χ2n) is 10.7. The van der Waals surface area contributed by atoms with Crippen LogP contribution < -0.4 is 10.6 Å². The molecule has 0 aromatic heterocycles. The molecule has 2 N–H and O–H groups in total. The van der Waals surface area contributed by atoms with Gasteiger partial charge in [0.15, 0.2) is 0 Å². The number of nitrogens with zero attached hydrogens (tertiary/aromatic N) is 4. The predicted molar refractivity (Wildman–Crippen MR) is 139 cm³/mol. The van der Waals surface area contributed by atoms with Crippen LogP contribution in [0, 0.1) is 17.2 Å². The van der Waals surface area contributed by atoms with Crippen molar-refractivity contribution in [3.63, 3.8) is 0 Å². The Labute approximate surface area is 217 Å². The molecule has 2 amide bonds. The minimum Gasteiger partial charge on any atom is -0.450 e. The van der Waals surface area contributed by atoms with Gasteiger partial charge in [0.25, 0.3) is 0 Å². The fraction of sp³-hybridized carbons (Fsp3) is 0.846. The fourth-order valence-electron chi connectivity index (χ4n) is 5.49. The monoisotopic (exact) mass is 506 g/mol. The summed E-state index contributed by atoms with van der Waals surface area (Å²) in [6, 6.07) is 1.68. The van der Waals surface area contributed by atoms with Crippen LogP contribution in [-0.2, 0) is 14.3 Å². The van der Waals surface area contributed by atoms with Gasteiger partial charge in [0.05, 0.1) is 24.9 Å². The average molecular weight is 507 g/mol. The van der Waals surface area contributed by atoms with Crippen molar-refractivity contribution in [1.82, 2.24) is 20.4 Å². The molecular formula is C26H46N6O4. The molecule has 0 unspecified atom stereocenters. The highest BCUT2D eigenvalue weighted by atomic mass is 16.5. The fourth-order valence-corrected chi connectivity index (χ4v) is 5.49. The first-order valence-electron chi connectivity index (χ1n) is 13.6. The van der Waals surface area contributed by atoms with Crippen molar-refractivity contribution in [1.29, 1.82) is 5.26 Å². The highest BCUT2D eigenvalue weighted by Crippen LogP contribution is 2.29. The maximum atomic E-state index is 13.7. The van der Waals surface area contributed by atoms with E-state index in [0.717, 1.165) is 38.8 Å². The Kier molecular flexibility index (Phi) is 10.4. The van der Waals surface area contributed by atoms with Crippen LogP contribution in [0.5, 0.6) is 0 Å². The van der Waals surface area contributed by atoms with Crippen LogP contribution in [0.1, 0.15) is 73.6 Å². The van der Waals surface area contributed by atoms with Crippen molar-refractivity contribution in [2.24, 2.45) is 10.9 Å². The van der Waals surface area contributed by atoms with E-state index in [0.29, 0.717) is 44.2 Å². The zero-order valence-electron chi connectivity index (χ0n) is 22.4. The molecule has 2 aliphatic heterocycles. The minimum atomic E-state index is -0.888. The smallest absolute Gasteiger partial charge is 0.413 e. The molecule has 0 aromatic rings. The summed E-state index contributed by atoms with van der Waals surface area (Å²) in [5.74, 6) is 0.477. The van der Waals surface area contributed by atoms with Gasteiger partial charge in [0.1, 0.15) is 11.6 Å². The van der Waals surface area contributed by atoms with Crippen LogP contribution in [0.2, 0.25) is 0 Å². The van der Waals surface area contributed by atoms with E-state index >= 15 is 0 Å². The van der Waals surface area contributed by atoms with E-state index in [9.17, 15) is 14.9 Å². The third-order valence-electron chi connectivity index (χ3n) is 7.49. The Hall–Kier alpha value is -2.38. The molecule has 0 spiro atoms. The van der Waals surface area contributed by atoms with Crippen LogP contribution in [0.15, 0.2) is 4.99 Å². The quantitative estimate of drug-likeness (QED) is 0.420. The van der Waals surface area contributed by atoms with E-state index in [1.54, 1.807) is 6.92 Å². The Morgan fingerprint density at radius 3 is 2.42 bits per heavy atom. The molecule has 2 saturated heterocycles. The zero-order valence-corrected chi connectivity index (χ0v) is 22.4. The number of alkyl carbamates (subject to hydrolysis) is 1. The highest BCUT2D eigenvalue weighted by Gasteiger charge is 2.38. The Bertz CT molecular complexity index is 810. The first kappa shape index (κ1) is 28.2. The molecule has 2 heterocycles. The number of carbonyl (C=O) groups excluding carboxylic acids is 2. The number of morpholine rings is 1. The molecular weight excluding hydrogens is 460 g/mol. The number of nitrogens with one attached hydrogen (secondary N) is 2. The number of nitriles is 1. The van der Waals surface area contributed by atoms with E-state index in [1.807, 2.05) is 25.8 Å². The van der Waals surface area contributed by atoms with Gasteiger partial charge in [-0.15, -0.1) is 0 Å². The number of hydrogen-bond acceptors (Lipinski definition) is 7. The number of hydrogen-bond donors (Lipinski definition) is 2. The third-order valence-corrected chi connectivity index (χ3v) is 7.49. The molecule has 3 fully saturated rings. The average Bonchev–Trinajstić information content (AvgIpc) is 2.85. The van der Waals surface area contributed by atoms with Crippen LogP contribution in [0.4, 0.5) is 4.79 Å². The van der Waals surface area contributed by atoms with Gasteiger partial charge >= 0.3 is 6.09 Å². The Morgan fingerprint density at radius 1 is 1.19 bits per heavy atom. The lowest BCUT2D eigenvalue weighted by Crippen LogP contribution is -2.57. The molecule has 10 nitrogen and oxygen atoms in total. The first-order valence-corrected chi connectivity index (χ1v) is 13.6. The third kappa shape index (κ3) is 8.07. The summed E-state index contributed by atoms with van der Waals surface area (Å²) in [6.45, 7) is 8.54. The highest BCUT2D eigenvalue weighted by molar-refractivity contribution is 5.96. The van der Waals surface area contributed by atoms with E-state index in [-0.39, 0.29) is 26.1 Å². The van der Waals surface area contributed by atoms with Crippen LogP contribution >= 0.6 is 0 Å². The van der Waals surface area contributed by atoms with Crippen molar-refractivity contribution < 1.29 is 20.5 Å². The molecule has 10 heteroatoms. The first-order chi connectivity index (χ1) is 17.2. The lowest BCUT2D eigenvalue weighted by Gasteiger charge is -2.38. The number of likely N-dealkylation sites (tertiary alicyclic amines) is 1. The van der Waals surface area contributed by atoms with Crippen molar-refractivity contribution in [2.75, 3.05) is 39.8 Å². The van der Waals surface area contributed by atoms with Gasteiger partial charge in [-0.3, -0.25) is 10.1 Å². The Morgan fingerprint density at radius 2 is 1.83 bits per heavy atom.